The van der Waals surface area contributed by atoms with Gasteiger partial charge in [0.1, 0.15) is 11.6 Å². The third kappa shape index (κ3) is 2.20. The second-order valence-electron chi connectivity index (χ2n) is 4.85. The Morgan fingerprint density at radius 3 is 2.81 bits per heavy atom. The minimum absolute atomic E-state index is 0.192. The van der Waals surface area contributed by atoms with E-state index in [1.54, 1.807) is 0 Å². The van der Waals surface area contributed by atoms with Gasteiger partial charge in [0.05, 0.1) is 29.0 Å². The number of fused-ring (bicyclic) bond motifs is 1. The molecular weight excluding hydrogens is 269 g/mol. The summed E-state index contributed by atoms with van der Waals surface area (Å²) in [5, 5.41) is 0.555. The topological polar surface area (TPSA) is 47.8 Å². The summed E-state index contributed by atoms with van der Waals surface area (Å²) < 4.78 is 14.9. The predicted molar refractivity (Wildman–Crippen MR) is 79.2 cm³/mol. The molecule has 0 aliphatic rings. The Balaban J connectivity index is 2.44. The third-order valence-corrected chi connectivity index (χ3v) is 3.44. The van der Waals surface area contributed by atoms with E-state index in [0.717, 1.165) is 11.8 Å². The number of halogens is 1. The van der Waals surface area contributed by atoms with Crippen LogP contribution in [0, 0.1) is 12.7 Å². The first-order valence-electron chi connectivity index (χ1n) is 6.74. The summed E-state index contributed by atoms with van der Waals surface area (Å²) in [5.41, 5.74) is 1.72. The quantitative estimate of drug-likeness (QED) is 0.726. The highest BCUT2D eigenvalue weighted by atomic mass is 19.1. The third-order valence-electron chi connectivity index (χ3n) is 3.44. The molecule has 2 heterocycles. The standard InChI is InChI=1S/C16H14FN3O/c1-3-14-19-13-6-4-5-10(2)15(13)16(21)20(14)12-7-11(17)8-18-9-12/h4-9H,3H2,1-2H3. The van der Waals surface area contributed by atoms with E-state index in [1.807, 2.05) is 32.0 Å². The largest absolute Gasteiger partial charge is 0.268 e. The number of pyridine rings is 1. The lowest BCUT2D eigenvalue weighted by Gasteiger charge is -2.13. The molecule has 3 rings (SSSR count). The molecule has 0 aliphatic carbocycles. The first kappa shape index (κ1) is 13.4. The highest BCUT2D eigenvalue weighted by molar-refractivity contribution is 5.81. The van der Waals surface area contributed by atoms with Crippen LogP contribution in [0.25, 0.3) is 16.6 Å². The maximum absolute atomic E-state index is 13.4. The number of hydrogen-bond donors (Lipinski definition) is 0. The lowest BCUT2D eigenvalue weighted by molar-refractivity contribution is 0.618. The molecule has 106 valence electrons. The van der Waals surface area contributed by atoms with Gasteiger partial charge in [-0.15, -0.1) is 0 Å². The van der Waals surface area contributed by atoms with Gasteiger partial charge in [-0.1, -0.05) is 19.1 Å². The van der Waals surface area contributed by atoms with Crippen molar-refractivity contribution in [2.24, 2.45) is 0 Å². The van der Waals surface area contributed by atoms with Gasteiger partial charge in [0.25, 0.3) is 5.56 Å². The van der Waals surface area contributed by atoms with Gasteiger partial charge < -0.3 is 0 Å². The van der Waals surface area contributed by atoms with Crippen LogP contribution in [-0.4, -0.2) is 14.5 Å². The van der Waals surface area contributed by atoms with Gasteiger partial charge in [-0.25, -0.2) is 9.37 Å². The Morgan fingerprint density at radius 2 is 2.10 bits per heavy atom. The fourth-order valence-electron chi connectivity index (χ4n) is 2.47. The molecule has 0 amide bonds. The van der Waals surface area contributed by atoms with Crippen LogP contribution >= 0.6 is 0 Å². The van der Waals surface area contributed by atoms with Crippen molar-refractivity contribution in [3.8, 4) is 5.69 Å². The van der Waals surface area contributed by atoms with E-state index in [-0.39, 0.29) is 5.56 Å². The number of nitrogens with zero attached hydrogens (tertiary/aromatic N) is 3. The number of rotatable bonds is 2. The second-order valence-corrected chi connectivity index (χ2v) is 4.85. The zero-order chi connectivity index (χ0) is 15.0. The Morgan fingerprint density at radius 1 is 1.29 bits per heavy atom. The maximum atomic E-state index is 13.4. The average Bonchev–Trinajstić information content (AvgIpc) is 2.46. The summed E-state index contributed by atoms with van der Waals surface area (Å²) in [4.78, 5) is 21.2. The zero-order valence-corrected chi connectivity index (χ0v) is 11.8. The number of hydrogen-bond acceptors (Lipinski definition) is 3. The molecule has 0 radical (unpaired) electrons. The van der Waals surface area contributed by atoms with Crippen LogP contribution in [0.15, 0.2) is 41.5 Å². The molecule has 0 saturated carbocycles. The van der Waals surface area contributed by atoms with E-state index in [4.69, 9.17) is 0 Å². The van der Waals surface area contributed by atoms with Crippen LogP contribution in [0.4, 0.5) is 4.39 Å². The predicted octanol–water partition coefficient (Wildman–Crippen LogP) is 2.79. The zero-order valence-electron chi connectivity index (χ0n) is 11.8. The summed E-state index contributed by atoms with van der Waals surface area (Å²) in [7, 11) is 0. The number of aryl methyl sites for hydroxylation is 2. The smallest absolute Gasteiger partial charge is 0.266 e. The van der Waals surface area contributed by atoms with Crippen molar-refractivity contribution >= 4 is 10.9 Å². The van der Waals surface area contributed by atoms with Crippen LogP contribution < -0.4 is 5.56 Å². The summed E-state index contributed by atoms with van der Waals surface area (Å²) in [6.07, 6.45) is 3.14. The molecule has 0 bridgehead atoms. The maximum Gasteiger partial charge on any atom is 0.266 e. The van der Waals surface area contributed by atoms with Gasteiger partial charge in [0.2, 0.25) is 0 Å². The highest BCUT2D eigenvalue weighted by Crippen LogP contribution is 2.16. The van der Waals surface area contributed by atoms with Crippen LogP contribution in [0.3, 0.4) is 0 Å². The van der Waals surface area contributed by atoms with E-state index in [1.165, 1.54) is 16.8 Å². The lowest BCUT2D eigenvalue weighted by Crippen LogP contribution is -2.24. The average molecular weight is 283 g/mol. The van der Waals surface area contributed by atoms with E-state index >= 15 is 0 Å². The highest BCUT2D eigenvalue weighted by Gasteiger charge is 2.13. The second kappa shape index (κ2) is 5.09. The Labute approximate surface area is 120 Å². The summed E-state index contributed by atoms with van der Waals surface area (Å²) >= 11 is 0. The Kier molecular flexibility index (Phi) is 3.25. The van der Waals surface area contributed by atoms with Crippen LogP contribution in [0.1, 0.15) is 18.3 Å². The van der Waals surface area contributed by atoms with Crippen molar-refractivity contribution in [2.45, 2.75) is 20.3 Å². The van der Waals surface area contributed by atoms with E-state index < -0.39 is 5.82 Å². The Hall–Kier alpha value is -2.56. The van der Waals surface area contributed by atoms with Crippen molar-refractivity contribution in [1.29, 1.82) is 0 Å². The number of aromatic nitrogens is 3. The van der Waals surface area contributed by atoms with Gasteiger partial charge in [-0.2, -0.15) is 0 Å². The van der Waals surface area contributed by atoms with Crippen molar-refractivity contribution in [3.05, 3.63) is 64.2 Å². The molecule has 21 heavy (non-hydrogen) atoms. The van der Waals surface area contributed by atoms with Crippen molar-refractivity contribution in [1.82, 2.24) is 14.5 Å². The van der Waals surface area contributed by atoms with E-state index in [2.05, 4.69) is 9.97 Å². The van der Waals surface area contributed by atoms with Crippen LogP contribution in [0.5, 0.6) is 0 Å². The molecule has 0 unspecified atom stereocenters. The fourth-order valence-corrected chi connectivity index (χ4v) is 2.47. The van der Waals surface area contributed by atoms with E-state index in [0.29, 0.717) is 28.8 Å². The molecule has 0 aliphatic heterocycles. The molecule has 0 fully saturated rings. The van der Waals surface area contributed by atoms with Crippen molar-refractivity contribution in [2.75, 3.05) is 0 Å². The normalized spacial score (nSPS) is 11.0. The first-order valence-corrected chi connectivity index (χ1v) is 6.74. The molecule has 0 N–H and O–H groups in total. The molecule has 3 aromatic rings. The monoisotopic (exact) mass is 283 g/mol. The molecule has 0 atom stereocenters. The fraction of sp³-hybridized carbons (Fsp3) is 0.188. The molecular formula is C16H14FN3O. The van der Waals surface area contributed by atoms with E-state index in [9.17, 15) is 9.18 Å². The van der Waals surface area contributed by atoms with Gasteiger partial charge >= 0.3 is 0 Å². The summed E-state index contributed by atoms with van der Waals surface area (Å²) in [6.45, 7) is 3.78. The van der Waals surface area contributed by atoms with Crippen molar-refractivity contribution < 1.29 is 4.39 Å². The van der Waals surface area contributed by atoms with Gasteiger partial charge in [0.15, 0.2) is 0 Å². The molecule has 0 spiro atoms. The minimum Gasteiger partial charge on any atom is -0.268 e. The van der Waals surface area contributed by atoms with Crippen LogP contribution in [0.2, 0.25) is 0 Å². The Bertz CT molecular complexity index is 886. The molecule has 1 aromatic carbocycles. The van der Waals surface area contributed by atoms with Crippen LogP contribution in [-0.2, 0) is 6.42 Å². The summed E-state index contributed by atoms with van der Waals surface area (Å²) in [5.74, 6) is 0.108. The van der Waals surface area contributed by atoms with Gasteiger partial charge in [-0.3, -0.25) is 14.3 Å². The lowest BCUT2D eigenvalue weighted by atomic mass is 10.1. The SMILES string of the molecule is CCc1nc2cccc(C)c2c(=O)n1-c1cncc(F)c1. The first-order chi connectivity index (χ1) is 10.1. The summed E-state index contributed by atoms with van der Waals surface area (Å²) in [6, 6.07) is 6.85. The molecule has 4 nitrogen and oxygen atoms in total. The van der Waals surface area contributed by atoms with Gasteiger partial charge in [-0.05, 0) is 18.6 Å². The molecule has 2 aromatic heterocycles. The number of benzene rings is 1. The van der Waals surface area contributed by atoms with Gasteiger partial charge in [0, 0.05) is 12.5 Å². The minimum atomic E-state index is -0.480. The molecule has 5 heteroatoms. The van der Waals surface area contributed by atoms with Crippen molar-refractivity contribution in [3.63, 3.8) is 0 Å². The molecule has 0 saturated heterocycles.